The van der Waals surface area contributed by atoms with Crippen molar-refractivity contribution < 1.29 is 4.74 Å². The van der Waals surface area contributed by atoms with E-state index in [4.69, 9.17) is 10.00 Å². The minimum atomic E-state index is 0.521. The molecule has 0 atom stereocenters. The highest BCUT2D eigenvalue weighted by atomic mass is 16.5. The number of nitriles is 1. The SMILES string of the molecule is COc1cc(C#N)cnc1C. The summed E-state index contributed by atoms with van der Waals surface area (Å²) in [5.74, 6) is 0.657. The smallest absolute Gasteiger partial charge is 0.141 e. The Morgan fingerprint density at radius 3 is 2.91 bits per heavy atom. The van der Waals surface area contributed by atoms with E-state index in [1.807, 2.05) is 13.0 Å². The molecule has 0 aromatic carbocycles. The number of aromatic nitrogens is 1. The number of hydrogen-bond donors (Lipinski definition) is 0. The van der Waals surface area contributed by atoms with Crippen LogP contribution in [0.1, 0.15) is 11.3 Å². The lowest BCUT2D eigenvalue weighted by Crippen LogP contribution is -1.90. The molecule has 1 heterocycles. The van der Waals surface area contributed by atoms with Gasteiger partial charge < -0.3 is 4.74 Å². The minimum absolute atomic E-state index is 0.521. The fraction of sp³-hybridized carbons (Fsp3) is 0.250. The molecule has 0 saturated heterocycles. The van der Waals surface area contributed by atoms with Gasteiger partial charge in [-0.1, -0.05) is 0 Å². The van der Waals surface area contributed by atoms with Crippen LogP contribution in [0.4, 0.5) is 0 Å². The van der Waals surface area contributed by atoms with Crippen LogP contribution in [0.2, 0.25) is 0 Å². The fourth-order valence-corrected chi connectivity index (χ4v) is 0.781. The second-order valence-electron chi connectivity index (χ2n) is 2.12. The van der Waals surface area contributed by atoms with E-state index in [1.165, 1.54) is 6.20 Å². The molecule has 0 spiro atoms. The van der Waals surface area contributed by atoms with Gasteiger partial charge in [0.15, 0.2) is 0 Å². The van der Waals surface area contributed by atoms with Crippen LogP contribution in [0, 0.1) is 18.3 Å². The van der Waals surface area contributed by atoms with Crippen LogP contribution in [0.5, 0.6) is 5.75 Å². The molecule has 0 unspecified atom stereocenters. The number of methoxy groups -OCH3 is 1. The Morgan fingerprint density at radius 2 is 2.36 bits per heavy atom. The molecule has 0 aliphatic rings. The van der Waals surface area contributed by atoms with Crippen molar-refractivity contribution in [3.8, 4) is 11.8 Å². The predicted molar refractivity (Wildman–Crippen MR) is 40.2 cm³/mol. The van der Waals surface area contributed by atoms with E-state index in [-0.39, 0.29) is 0 Å². The zero-order valence-corrected chi connectivity index (χ0v) is 6.46. The highest BCUT2D eigenvalue weighted by Gasteiger charge is 1.99. The van der Waals surface area contributed by atoms with E-state index < -0.39 is 0 Å². The van der Waals surface area contributed by atoms with Crippen LogP contribution >= 0.6 is 0 Å². The topological polar surface area (TPSA) is 45.9 Å². The van der Waals surface area contributed by atoms with Crippen molar-refractivity contribution in [2.45, 2.75) is 6.92 Å². The average molecular weight is 148 g/mol. The molecule has 56 valence electrons. The van der Waals surface area contributed by atoms with Crippen LogP contribution in [-0.4, -0.2) is 12.1 Å². The van der Waals surface area contributed by atoms with E-state index in [0.717, 1.165) is 5.69 Å². The largest absolute Gasteiger partial charge is 0.495 e. The van der Waals surface area contributed by atoms with Gasteiger partial charge in [0.2, 0.25) is 0 Å². The molecule has 11 heavy (non-hydrogen) atoms. The maximum atomic E-state index is 8.50. The molecule has 0 radical (unpaired) electrons. The van der Waals surface area contributed by atoms with Crippen LogP contribution in [-0.2, 0) is 0 Å². The van der Waals surface area contributed by atoms with E-state index >= 15 is 0 Å². The van der Waals surface area contributed by atoms with Gasteiger partial charge in [-0.25, -0.2) is 0 Å². The molecule has 1 aromatic heterocycles. The summed E-state index contributed by atoms with van der Waals surface area (Å²) in [4.78, 5) is 3.97. The van der Waals surface area contributed by atoms with Crippen molar-refractivity contribution in [3.63, 3.8) is 0 Å². The third-order valence-electron chi connectivity index (χ3n) is 1.39. The van der Waals surface area contributed by atoms with Gasteiger partial charge in [-0.2, -0.15) is 5.26 Å². The van der Waals surface area contributed by atoms with Gasteiger partial charge in [0.25, 0.3) is 0 Å². The van der Waals surface area contributed by atoms with Crippen molar-refractivity contribution in [2.75, 3.05) is 7.11 Å². The highest BCUT2D eigenvalue weighted by Crippen LogP contribution is 2.15. The number of aryl methyl sites for hydroxylation is 1. The summed E-state index contributed by atoms with van der Waals surface area (Å²) in [6.07, 6.45) is 1.53. The van der Waals surface area contributed by atoms with Crippen molar-refractivity contribution >= 4 is 0 Å². The van der Waals surface area contributed by atoms with E-state index in [0.29, 0.717) is 11.3 Å². The summed E-state index contributed by atoms with van der Waals surface area (Å²) in [6.45, 7) is 1.83. The summed E-state index contributed by atoms with van der Waals surface area (Å²) >= 11 is 0. The lowest BCUT2D eigenvalue weighted by molar-refractivity contribution is 0.409. The number of hydrogen-bond acceptors (Lipinski definition) is 3. The predicted octanol–water partition coefficient (Wildman–Crippen LogP) is 1.27. The monoisotopic (exact) mass is 148 g/mol. The molecule has 0 aliphatic carbocycles. The molecule has 0 aliphatic heterocycles. The van der Waals surface area contributed by atoms with Gasteiger partial charge >= 0.3 is 0 Å². The maximum Gasteiger partial charge on any atom is 0.141 e. The maximum absolute atomic E-state index is 8.50. The van der Waals surface area contributed by atoms with Crippen LogP contribution in [0.25, 0.3) is 0 Å². The van der Waals surface area contributed by atoms with Gasteiger partial charge in [0.1, 0.15) is 11.8 Å². The molecule has 0 bridgehead atoms. The Morgan fingerprint density at radius 1 is 1.64 bits per heavy atom. The Bertz CT molecular complexity index is 301. The third kappa shape index (κ3) is 1.47. The van der Waals surface area contributed by atoms with Crippen LogP contribution < -0.4 is 4.74 Å². The summed E-state index contributed by atoms with van der Waals surface area (Å²) in [5, 5.41) is 8.50. The average Bonchev–Trinajstić information content (AvgIpc) is 2.05. The number of pyridine rings is 1. The molecule has 3 nitrogen and oxygen atoms in total. The quantitative estimate of drug-likeness (QED) is 0.602. The number of ether oxygens (including phenoxy) is 1. The van der Waals surface area contributed by atoms with Gasteiger partial charge in [0.05, 0.1) is 18.4 Å². The minimum Gasteiger partial charge on any atom is -0.495 e. The summed E-state index contributed by atoms with van der Waals surface area (Å²) in [6, 6.07) is 3.66. The molecule has 0 fully saturated rings. The van der Waals surface area contributed by atoms with Crippen molar-refractivity contribution in [2.24, 2.45) is 0 Å². The van der Waals surface area contributed by atoms with Crippen molar-refractivity contribution in [1.82, 2.24) is 4.98 Å². The van der Waals surface area contributed by atoms with Gasteiger partial charge in [-0.15, -0.1) is 0 Å². The van der Waals surface area contributed by atoms with Gasteiger partial charge in [0, 0.05) is 12.3 Å². The van der Waals surface area contributed by atoms with Gasteiger partial charge in [-0.05, 0) is 6.92 Å². The van der Waals surface area contributed by atoms with Gasteiger partial charge in [-0.3, -0.25) is 4.98 Å². The zero-order chi connectivity index (χ0) is 8.27. The van der Waals surface area contributed by atoms with E-state index in [2.05, 4.69) is 4.98 Å². The zero-order valence-electron chi connectivity index (χ0n) is 6.46. The molecule has 1 aromatic rings. The van der Waals surface area contributed by atoms with Crippen molar-refractivity contribution in [1.29, 1.82) is 5.26 Å². The Hall–Kier alpha value is -1.56. The number of nitrogens with zero attached hydrogens (tertiary/aromatic N) is 2. The number of rotatable bonds is 1. The lowest BCUT2D eigenvalue weighted by Gasteiger charge is -2.01. The molecular weight excluding hydrogens is 140 g/mol. The molecule has 0 saturated carbocycles. The standard InChI is InChI=1S/C8H8N2O/c1-6-8(11-2)3-7(4-9)5-10-6/h3,5H,1-2H3. The fourth-order valence-electron chi connectivity index (χ4n) is 0.781. The Balaban J connectivity index is 3.15. The second kappa shape index (κ2) is 3.02. The summed E-state index contributed by atoms with van der Waals surface area (Å²) in [7, 11) is 1.56. The Kier molecular flexibility index (Phi) is 2.07. The second-order valence-corrected chi connectivity index (χ2v) is 2.12. The first-order valence-electron chi connectivity index (χ1n) is 3.18. The molecular formula is C8H8N2O. The summed E-state index contributed by atoms with van der Waals surface area (Å²) < 4.78 is 4.97. The molecule has 1 rings (SSSR count). The van der Waals surface area contributed by atoms with Crippen LogP contribution in [0.3, 0.4) is 0 Å². The van der Waals surface area contributed by atoms with Crippen molar-refractivity contribution in [3.05, 3.63) is 23.5 Å². The summed E-state index contributed by atoms with van der Waals surface area (Å²) in [5.41, 5.74) is 1.32. The first kappa shape index (κ1) is 7.55. The third-order valence-corrected chi connectivity index (χ3v) is 1.39. The lowest BCUT2D eigenvalue weighted by atomic mass is 10.2. The van der Waals surface area contributed by atoms with E-state index in [1.54, 1.807) is 13.2 Å². The van der Waals surface area contributed by atoms with E-state index in [9.17, 15) is 0 Å². The molecule has 3 heteroatoms. The first-order chi connectivity index (χ1) is 5.27. The molecule has 0 N–H and O–H groups in total. The highest BCUT2D eigenvalue weighted by molar-refractivity contribution is 5.36. The normalized spacial score (nSPS) is 8.82. The first-order valence-corrected chi connectivity index (χ1v) is 3.18. The molecule has 0 amide bonds. The Labute approximate surface area is 65.3 Å². The van der Waals surface area contributed by atoms with Crippen LogP contribution in [0.15, 0.2) is 12.3 Å².